The summed E-state index contributed by atoms with van der Waals surface area (Å²) in [4.78, 5) is 0. The van der Waals surface area contributed by atoms with E-state index in [1.165, 1.54) is 0 Å². The highest BCUT2D eigenvalue weighted by Crippen LogP contribution is 2.19. The van der Waals surface area contributed by atoms with Crippen LogP contribution in [0.2, 0.25) is 0 Å². The molecule has 0 aliphatic rings. The van der Waals surface area contributed by atoms with Crippen molar-refractivity contribution in [1.82, 2.24) is 10.0 Å². The maximum atomic E-state index is 13.6. The van der Waals surface area contributed by atoms with Gasteiger partial charge in [-0.25, -0.2) is 17.5 Å². The van der Waals surface area contributed by atoms with Gasteiger partial charge in [0.2, 0.25) is 10.0 Å². The molecule has 1 aromatic carbocycles. The molecule has 6 heteroatoms. The first-order valence-corrected chi connectivity index (χ1v) is 8.54. The van der Waals surface area contributed by atoms with E-state index in [-0.39, 0.29) is 11.9 Å². The van der Waals surface area contributed by atoms with Crippen molar-refractivity contribution in [2.75, 3.05) is 19.3 Å². The van der Waals surface area contributed by atoms with Crippen molar-refractivity contribution >= 4 is 10.0 Å². The number of rotatable bonds is 7. The van der Waals surface area contributed by atoms with Gasteiger partial charge in [-0.2, -0.15) is 0 Å². The van der Waals surface area contributed by atoms with Crippen molar-refractivity contribution in [2.45, 2.75) is 33.2 Å². The second kappa shape index (κ2) is 7.15. The van der Waals surface area contributed by atoms with Crippen LogP contribution < -0.4 is 10.0 Å². The number of halogens is 1. The van der Waals surface area contributed by atoms with E-state index in [1.807, 2.05) is 19.1 Å². The van der Waals surface area contributed by atoms with Crippen LogP contribution >= 0.6 is 0 Å². The molecule has 0 unspecified atom stereocenters. The summed E-state index contributed by atoms with van der Waals surface area (Å²) in [7, 11) is -3.11. The molecule has 0 aromatic heterocycles. The molecule has 0 saturated heterocycles. The molecule has 0 aliphatic heterocycles. The number of sulfonamides is 1. The Morgan fingerprint density at radius 3 is 2.25 bits per heavy atom. The van der Waals surface area contributed by atoms with Gasteiger partial charge in [-0.05, 0) is 50.4 Å². The SMILES string of the molecule is Cc1cc([C@H](C)NCCCNS(C)(=O)=O)cc(C)c1F. The van der Waals surface area contributed by atoms with Crippen LogP contribution in [0.4, 0.5) is 4.39 Å². The number of benzene rings is 1. The Morgan fingerprint density at radius 2 is 1.75 bits per heavy atom. The average molecular weight is 302 g/mol. The second-order valence-electron chi connectivity index (χ2n) is 5.16. The summed E-state index contributed by atoms with van der Waals surface area (Å²) >= 11 is 0. The first-order valence-electron chi connectivity index (χ1n) is 6.65. The van der Waals surface area contributed by atoms with E-state index in [1.54, 1.807) is 13.8 Å². The van der Waals surface area contributed by atoms with Crippen LogP contribution in [0.1, 0.15) is 36.1 Å². The average Bonchev–Trinajstić information content (AvgIpc) is 2.33. The fourth-order valence-corrected chi connectivity index (χ4v) is 2.53. The molecular formula is C14H23FN2O2S. The molecule has 0 saturated carbocycles. The third kappa shape index (κ3) is 5.56. The zero-order chi connectivity index (χ0) is 15.3. The van der Waals surface area contributed by atoms with E-state index >= 15 is 0 Å². The minimum Gasteiger partial charge on any atom is -0.310 e. The lowest BCUT2D eigenvalue weighted by molar-refractivity contribution is 0.545. The van der Waals surface area contributed by atoms with Crippen LogP contribution in [-0.4, -0.2) is 27.8 Å². The zero-order valence-corrected chi connectivity index (χ0v) is 13.3. The summed E-state index contributed by atoms with van der Waals surface area (Å²) in [6.45, 7) is 6.64. The molecule has 0 aliphatic carbocycles. The maximum absolute atomic E-state index is 13.6. The van der Waals surface area contributed by atoms with Crippen molar-refractivity contribution in [2.24, 2.45) is 0 Å². The van der Waals surface area contributed by atoms with Crippen LogP contribution in [-0.2, 0) is 10.0 Å². The monoisotopic (exact) mass is 302 g/mol. The Labute approximate surface area is 120 Å². The van der Waals surface area contributed by atoms with Gasteiger partial charge in [0.15, 0.2) is 0 Å². The Hall–Kier alpha value is -0.980. The van der Waals surface area contributed by atoms with Gasteiger partial charge < -0.3 is 5.32 Å². The summed E-state index contributed by atoms with van der Waals surface area (Å²) in [5.41, 5.74) is 2.33. The lowest BCUT2D eigenvalue weighted by atomic mass is 10.0. The Balaban J connectivity index is 2.45. The van der Waals surface area contributed by atoms with E-state index in [4.69, 9.17) is 0 Å². The quantitative estimate of drug-likeness (QED) is 0.758. The number of aryl methyl sites for hydroxylation is 2. The number of hydrogen-bond acceptors (Lipinski definition) is 3. The second-order valence-corrected chi connectivity index (χ2v) is 7.00. The maximum Gasteiger partial charge on any atom is 0.208 e. The predicted molar refractivity (Wildman–Crippen MR) is 79.8 cm³/mol. The predicted octanol–water partition coefficient (Wildman–Crippen LogP) is 2.03. The summed E-state index contributed by atoms with van der Waals surface area (Å²) in [5, 5.41) is 3.30. The molecule has 1 atom stereocenters. The van der Waals surface area contributed by atoms with Gasteiger partial charge in [0.25, 0.3) is 0 Å². The van der Waals surface area contributed by atoms with E-state index in [0.29, 0.717) is 30.6 Å². The standard InChI is InChI=1S/C14H23FN2O2S/c1-10-8-13(9-11(2)14(10)15)12(3)16-6-5-7-17-20(4,18)19/h8-9,12,16-17H,5-7H2,1-4H3/t12-/m0/s1. The van der Waals surface area contributed by atoms with Crippen LogP contribution in [0.5, 0.6) is 0 Å². The molecule has 1 rings (SSSR count). The normalized spacial score (nSPS) is 13.4. The lowest BCUT2D eigenvalue weighted by Crippen LogP contribution is -2.27. The highest BCUT2D eigenvalue weighted by atomic mass is 32.2. The highest BCUT2D eigenvalue weighted by molar-refractivity contribution is 7.88. The van der Waals surface area contributed by atoms with E-state index in [0.717, 1.165) is 11.8 Å². The zero-order valence-electron chi connectivity index (χ0n) is 12.5. The Kier molecular flexibility index (Phi) is 6.10. The van der Waals surface area contributed by atoms with Gasteiger partial charge in [0.1, 0.15) is 5.82 Å². The molecule has 1 aromatic rings. The van der Waals surface area contributed by atoms with Crippen LogP contribution in [0, 0.1) is 19.7 Å². The van der Waals surface area contributed by atoms with Gasteiger partial charge >= 0.3 is 0 Å². The summed E-state index contributed by atoms with van der Waals surface area (Å²) in [5.74, 6) is -0.154. The molecule has 4 nitrogen and oxygen atoms in total. The van der Waals surface area contributed by atoms with Crippen molar-refractivity contribution in [3.8, 4) is 0 Å². The summed E-state index contributed by atoms with van der Waals surface area (Å²) in [6.07, 6.45) is 1.85. The number of hydrogen-bond donors (Lipinski definition) is 2. The van der Waals surface area contributed by atoms with E-state index < -0.39 is 10.0 Å². The minimum absolute atomic E-state index is 0.103. The van der Waals surface area contributed by atoms with Crippen molar-refractivity contribution in [3.63, 3.8) is 0 Å². The fourth-order valence-electron chi connectivity index (χ4n) is 2.01. The molecule has 2 N–H and O–H groups in total. The summed E-state index contributed by atoms with van der Waals surface area (Å²) < 4.78 is 37.8. The first-order chi connectivity index (χ1) is 9.20. The minimum atomic E-state index is -3.11. The molecule has 0 bridgehead atoms. The number of nitrogens with one attached hydrogen (secondary N) is 2. The van der Waals surface area contributed by atoms with Crippen LogP contribution in [0.15, 0.2) is 12.1 Å². The molecule has 0 spiro atoms. The first kappa shape index (κ1) is 17.1. The van der Waals surface area contributed by atoms with Gasteiger partial charge in [0.05, 0.1) is 6.26 Å². The van der Waals surface area contributed by atoms with Crippen LogP contribution in [0.3, 0.4) is 0 Å². The third-order valence-corrected chi connectivity index (χ3v) is 3.86. The fraction of sp³-hybridized carbons (Fsp3) is 0.571. The lowest BCUT2D eigenvalue weighted by Gasteiger charge is -2.16. The van der Waals surface area contributed by atoms with Gasteiger partial charge in [0, 0.05) is 12.6 Å². The molecule has 0 radical (unpaired) electrons. The van der Waals surface area contributed by atoms with Gasteiger partial charge in [-0.3, -0.25) is 0 Å². The highest BCUT2D eigenvalue weighted by Gasteiger charge is 2.09. The van der Waals surface area contributed by atoms with Crippen molar-refractivity contribution in [3.05, 3.63) is 34.6 Å². The van der Waals surface area contributed by atoms with E-state index in [9.17, 15) is 12.8 Å². The van der Waals surface area contributed by atoms with E-state index in [2.05, 4.69) is 10.0 Å². The smallest absolute Gasteiger partial charge is 0.208 e. The van der Waals surface area contributed by atoms with Crippen molar-refractivity contribution in [1.29, 1.82) is 0 Å². The molecular weight excluding hydrogens is 279 g/mol. The molecule has 0 heterocycles. The molecule has 20 heavy (non-hydrogen) atoms. The largest absolute Gasteiger partial charge is 0.310 e. The topological polar surface area (TPSA) is 58.2 Å². The Morgan fingerprint density at radius 1 is 1.20 bits per heavy atom. The van der Waals surface area contributed by atoms with Gasteiger partial charge in [-0.1, -0.05) is 12.1 Å². The molecule has 0 fully saturated rings. The van der Waals surface area contributed by atoms with Crippen molar-refractivity contribution < 1.29 is 12.8 Å². The summed E-state index contributed by atoms with van der Waals surface area (Å²) in [6, 6.07) is 3.79. The third-order valence-electron chi connectivity index (χ3n) is 3.13. The molecule has 114 valence electrons. The van der Waals surface area contributed by atoms with Crippen LogP contribution in [0.25, 0.3) is 0 Å². The Bertz CT molecular complexity index is 535. The van der Waals surface area contributed by atoms with Gasteiger partial charge in [-0.15, -0.1) is 0 Å². The molecule has 0 amide bonds.